The van der Waals surface area contributed by atoms with Crippen LogP contribution in [0.25, 0.3) is 11.4 Å². The number of rotatable bonds is 5. The van der Waals surface area contributed by atoms with Crippen molar-refractivity contribution in [1.29, 1.82) is 0 Å². The van der Waals surface area contributed by atoms with Gasteiger partial charge in [0.2, 0.25) is 5.91 Å². The van der Waals surface area contributed by atoms with E-state index in [1.807, 2.05) is 0 Å². The van der Waals surface area contributed by atoms with Crippen LogP contribution in [0.3, 0.4) is 0 Å². The molecule has 0 saturated heterocycles. The number of benzene rings is 2. The third kappa shape index (κ3) is 4.58. The number of thioether (sulfide) groups is 1. The lowest BCUT2D eigenvalue weighted by atomic mass is 10.1. The van der Waals surface area contributed by atoms with Crippen LogP contribution in [0, 0.1) is 5.82 Å². The van der Waals surface area contributed by atoms with Crippen LogP contribution in [0.15, 0.2) is 53.7 Å². The Kier molecular flexibility index (Phi) is 5.92. The standard InChI is InChI=1S/C19H16F4N4OS/c1-11(17(28)24-15-10-6-4-8-13(15)19(21,22)23)29-18-26-25-16(27(18)2)12-7-3-5-9-14(12)20/h3-11H,1-2H3,(H,24,28). The number of para-hydroxylation sites is 1. The second kappa shape index (κ2) is 8.24. The van der Waals surface area contributed by atoms with E-state index in [2.05, 4.69) is 15.5 Å². The molecule has 10 heteroatoms. The first-order valence-corrected chi connectivity index (χ1v) is 9.34. The number of carbonyl (C=O) groups is 1. The number of hydrogen-bond acceptors (Lipinski definition) is 4. The minimum Gasteiger partial charge on any atom is -0.325 e. The number of carbonyl (C=O) groups excluding carboxylic acids is 1. The quantitative estimate of drug-likeness (QED) is 0.474. The zero-order valence-electron chi connectivity index (χ0n) is 15.4. The Morgan fingerprint density at radius 1 is 1.10 bits per heavy atom. The zero-order chi connectivity index (χ0) is 21.2. The Bertz CT molecular complexity index is 1040. The summed E-state index contributed by atoms with van der Waals surface area (Å²) in [6, 6.07) is 10.8. The molecule has 5 nitrogen and oxygen atoms in total. The molecule has 0 spiro atoms. The van der Waals surface area contributed by atoms with Gasteiger partial charge in [0.25, 0.3) is 0 Å². The summed E-state index contributed by atoms with van der Waals surface area (Å²) in [4.78, 5) is 12.4. The Labute approximate surface area is 168 Å². The van der Waals surface area contributed by atoms with E-state index < -0.39 is 28.7 Å². The van der Waals surface area contributed by atoms with Crippen molar-refractivity contribution in [2.24, 2.45) is 7.05 Å². The number of hydrogen-bond donors (Lipinski definition) is 1. The molecule has 152 valence electrons. The summed E-state index contributed by atoms with van der Waals surface area (Å²) in [5.41, 5.74) is -0.987. The van der Waals surface area contributed by atoms with Crippen molar-refractivity contribution in [3.05, 3.63) is 59.9 Å². The second-order valence-electron chi connectivity index (χ2n) is 6.14. The highest BCUT2D eigenvalue weighted by Gasteiger charge is 2.34. The number of nitrogens with zero attached hydrogens (tertiary/aromatic N) is 3. The van der Waals surface area contributed by atoms with Gasteiger partial charge in [0.15, 0.2) is 11.0 Å². The second-order valence-corrected chi connectivity index (χ2v) is 7.45. The molecule has 1 unspecified atom stereocenters. The van der Waals surface area contributed by atoms with Crippen molar-refractivity contribution in [2.75, 3.05) is 5.32 Å². The number of amides is 1. The molecule has 1 atom stereocenters. The lowest BCUT2D eigenvalue weighted by molar-refractivity contribution is -0.137. The number of halogens is 4. The summed E-state index contributed by atoms with van der Waals surface area (Å²) < 4.78 is 54.8. The topological polar surface area (TPSA) is 59.8 Å². The van der Waals surface area contributed by atoms with Crippen molar-refractivity contribution in [2.45, 2.75) is 23.5 Å². The Morgan fingerprint density at radius 3 is 2.45 bits per heavy atom. The van der Waals surface area contributed by atoms with Gasteiger partial charge in [-0.05, 0) is 31.2 Å². The van der Waals surface area contributed by atoms with Crippen molar-refractivity contribution in [3.8, 4) is 11.4 Å². The lowest BCUT2D eigenvalue weighted by Crippen LogP contribution is -2.24. The molecule has 0 aliphatic heterocycles. The van der Waals surface area contributed by atoms with Crippen molar-refractivity contribution < 1.29 is 22.4 Å². The van der Waals surface area contributed by atoms with Gasteiger partial charge >= 0.3 is 6.18 Å². The molecule has 3 aromatic rings. The van der Waals surface area contributed by atoms with E-state index in [0.29, 0.717) is 5.16 Å². The van der Waals surface area contributed by atoms with Crippen LogP contribution in [0.2, 0.25) is 0 Å². The summed E-state index contributed by atoms with van der Waals surface area (Å²) in [5.74, 6) is -0.808. The smallest absolute Gasteiger partial charge is 0.325 e. The fraction of sp³-hybridized carbons (Fsp3) is 0.211. The van der Waals surface area contributed by atoms with E-state index in [4.69, 9.17) is 0 Å². The molecule has 0 aliphatic rings. The Hall–Kier alpha value is -2.88. The number of anilines is 1. The van der Waals surface area contributed by atoms with E-state index in [9.17, 15) is 22.4 Å². The molecule has 3 rings (SSSR count). The maximum atomic E-state index is 14.0. The molecule has 2 aromatic carbocycles. The van der Waals surface area contributed by atoms with Crippen molar-refractivity contribution in [1.82, 2.24) is 14.8 Å². The van der Waals surface area contributed by atoms with Crippen LogP contribution in [-0.2, 0) is 18.0 Å². The van der Waals surface area contributed by atoms with Crippen LogP contribution in [0.1, 0.15) is 12.5 Å². The molecule has 0 radical (unpaired) electrons. The molecule has 0 saturated carbocycles. The molecule has 0 fully saturated rings. The van der Waals surface area contributed by atoms with Gasteiger partial charge in [0.1, 0.15) is 5.82 Å². The fourth-order valence-electron chi connectivity index (χ4n) is 2.58. The summed E-state index contributed by atoms with van der Waals surface area (Å²) in [7, 11) is 1.62. The average Bonchev–Trinajstić information content (AvgIpc) is 3.02. The average molecular weight is 424 g/mol. The minimum absolute atomic E-state index is 0.255. The number of aromatic nitrogens is 3. The normalized spacial score (nSPS) is 12.6. The van der Waals surface area contributed by atoms with Crippen LogP contribution in [-0.4, -0.2) is 25.9 Å². The predicted octanol–water partition coefficient (Wildman–Crippen LogP) is 4.76. The molecule has 1 N–H and O–H groups in total. The van der Waals surface area contributed by atoms with Gasteiger partial charge in [-0.25, -0.2) is 4.39 Å². The van der Waals surface area contributed by atoms with Crippen molar-refractivity contribution in [3.63, 3.8) is 0 Å². The summed E-state index contributed by atoms with van der Waals surface area (Å²) >= 11 is 1.01. The predicted molar refractivity (Wildman–Crippen MR) is 102 cm³/mol. The van der Waals surface area contributed by atoms with Crippen LogP contribution in [0.4, 0.5) is 23.2 Å². The first-order valence-electron chi connectivity index (χ1n) is 8.46. The Balaban J connectivity index is 1.76. The fourth-order valence-corrected chi connectivity index (χ4v) is 3.39. The third-order valence-corrected chi connectivity index (χ3v) is 5.23. The largest absolute Gasteiger partial charge is 0.418 e. The molecule has 0 bridgehead atoms. The first-order chi connectivity index (χ1) is 13.7. The lowest BCUT2D eigenvalue weighted by Gasteiger charge is -2.16. The van der Waals surface area contributed by atoms with Crippen LogP contribution in [0.5, 0.6) is 0 Å². The van der Waals surface area contributed by atoms with Gasteiger partial charge < -0.3 is 9.88 Å². The highest BCUT2D eigenvalue weighted by molar-refractivity contribution is 8.00. The van der Waals surface area contributed by atoms with Gasteiger partial charge in [0, 0.05) is 7.05 Å². The summed E-state index contributed by atoms with van der Waals surface area (Å²) in [6.45, 7) is 1.54. The molecular weight excluding hydrogens is 408 g/mol. The highest BCUT2D eigenvalue weighted by atomic mass is 32.2. The maximum Gasteiger partial charge on any atom is 0.418 e. The van der Waals surface area contributed by atoms with Gasteiger partial charge in [-0.2, -0.15) is 13.2 Å². The molecule has 1 aromatic heterocycles. The third-order valence-electron chi connectivity index (χ3n) is 4.09. The maximum absolute atomic E-state index is 14.0. The summed E-state index contributed by atoms with van der Waals surface area (Å²) in [6.07, 6.45) is -4.58. The zero-order valence-corrected chi connectivity index (χ0v) is 16.2. The highest BCUT2D eigenvalue weighted by Crippen LogP contribution is 2.35. The van der Waals surface area contributed by atoms with E-state index in [-0.39, 0.29) is 17.1 Å². The SMILES string of the molecule is CC(Sc1nnc(-c2ccccc2F)n1C)C(=O)Nc1ccccc1C(F)(F)F. The van der Waals surface area contributed by atoms with Gasteiger partial charge in [-0.15, -0.1) is 10.2 Å². The minimum atomic E-state index is -4.58. The molecule has 1 heterocycles. The molecule has 29 heavy (non-hydrogen) atoms. The summed E-state index contributed by atoms with van der Waals surface area (Å²) in [5, 5.41) is 9.79. The van der Waals surface area contributed by atoms with Crippen LogP contribution < -0.4 is 5.32 Å². The van der Waals surface area contributed by atoms with E-state index >= 15 is 0 Å². The Morgan fingerprint density at radius 2 is 1.76 bits per heavy atom. The molecule has 0 aliphatic carbocycles. The van der Waals surface area contributed by atoms with Gasteiger partial charge in [-0.3, -0.25) is 4.79 Å². The van der Waals surface area contributed by atoms with Crippen molar-refractivity contribution >= 4 is 23.4 Å². The van der Waals surface area contributed by atoms with E-state index in [1.54, 1.807) is 25.2 Å². The van der Waals surface area contributed by atoms with E-state index in [0.717, 1.165) is 17.8 Å². The van der Waals surface area contributed by atoms with Gasteiger partial charge in [0.05, 0.1) is 22.1 Å². The monoisotopic (exact) mass is 424 g/mol. The molecular formula is C19H16F4N4OS. The number of alkyl halides is 3. The first kappa shape index (κ1) is 20.8. The van der Waals surface area contributed by atoms with Gasteiger partial charge in [-0.1, -0.05) is 36.0 Å². The number of nitrogens with one attached hydrogen (secondary N) is 1. The molecule has 1 amide bonds. The van der Waals surface area contributed by atoms with Crippen LogP contribution >= 0.6 is 11.8 Å². The van der Waals surface area contributed by atoms with E-state index in [1.165, 1.54) is 35.8 Å².